The summed E-state index contributed by atoms with van der Waals surface area (Å²) in [5.41, 5.74) is 0.325. The van der Waals surface area contributed by atoms with Gasteiger partial charge in [-0.25, -0.2) is 0 Å². The molecule has 1 atom stereocenters. The van der Waals surface area contributed by atoms with Crippen molar-refractivity contribution in [3.8, 4) is 0 Å². The van der Waals surface area contributed by atoms with Crippen LogP contribution in [0.4, 0.5) is 0 Å². The van der Waals surface area contributed by atoms with Gasteiger partial charge in [0.15, 0.2) is 5.78 Å². The Morgan fingerprint density at radius 1 is 1.35 bits per heavy atom. The first-order valence-electron chi connectivity index (χ1n) is 5.78. The molecule has 0 saturated carbocycles. The lowest BCUT2D eigenvalue weighted by molar-refractivity contribution is -0.137. The number of aliphatic carboxylic acids is 1. The fourth-order valence-corrected chi connectivity index (χ4v) is 2.61. The molecule has 5 nitrogen and oxygen atoms in total. The lowest BCUT2D eigenvalue weighted by Crippen LogP contribution is -2.43. The Morgan fingerprint density at radius 2 is 2.06 bits per heavy atom. The first kappa shape index (κ1) is 11.8. The molecule has 1 unspecified atom stereocenters. The summed E-state index contributed by atoms with van der Waals surface area (Å²) in [5, 5.41) is 11.5. The van der Waals surface area contributed by atoms with Crippen molar-refractivity contribution in [2.45, 2.75) is 38.5 Å². The fraction of sp³-hybridized carbons (Fsp3) is 0.583. The van der Waals surface area contributed by atoms with Gasteiger partial charge in [-0.15, -0.1) is 0 Å². The Hall–Kier alpha value is -1.65. The van der Waals surface area contributed by atoms with Crippen LogP contribution < -0.4 is 5.32 Å². The summed E-state index contributed by atoms with van der Waals surface area (Å²) in [5.74, 6) is -0.919. The van der Waals surface area contributed by atoms with Crippen LogP contribution in [0, 0.1) is 5.41 Å². The van der Waals surface area contributed by atoms with Crippen LogP contribution in [0.15, 0.2) is 11.8 Å². The van der Waals surface area contributed by atoms with Crippen LogP contribution in [-0.4, -0.2) is 22.8 Å². The second-order valence-corrected chi connectivity index (χ2v) is 4.75. The zero-order valence-electron chi connectivity index (χ0n) is 9.49. The molecule has 0 aromatic heterocycles. The molecule has 0 spiro atoms. The van der Waals surface area contributed by atoms with Crippen LogP contribution in [0.5, 0.6) is 0 Å². The van der Waals surface area contributed by atoms with E-state index < -0.39 is 5.97 Å². The number of carbonyl (C=O) groups is 3. The minimum atomic E-state index is -0.840. The third-order valence-corrected chi connectivity index (χ3v) is 3.65. The minimum absolute atomic E-state index is 0.00755. The van der Waals surface area contributed by atoms with Crippen LogP contribution >= 0.6 is 0 Å². The van der Waals surface area contributed by atoms with E-state index in [2.05, 4.69) is 5.32 Å². The van der Waals surface area contributed by atoms with Crippen LogP contribution in [0.1, 0.15) is 38.5 Å². The molecule has 1 aliphatic carbocycles. The van der Waals surface area contributed by atoms with E-state index >= 15 is 0 Å². The van der Waals surface area contributed by atoms with Crippen LogP contribution in [-0.2, 0) is 14.4 Å². The molecule has 5 heteroatoms. The highest BCUT2D eigenvalue weighted by molar-refractivity contribution is 5.93. The van der Waals surface area contributed by atoms with Crippen molar-refractivity contribution in [1.82, 2.24) is 5.32 Å². The number of fused-ring (bicyclic) bond motifs is 1. The van der Waals surface area contributed by atoms with Crippen molar-refractivity contribution in [1.29, 1.82) is 0 Å². The molecule has 2 rings (SSSR count). The molecule has 2 aliphatic rings. The van der Waals surface area contributed by atoms with E-state index in [1.165, 1.54) is 6.08 Å². The Balaban J connectivity index is 2.22. The molecule has 2 N–H and O–H groups in total. The average molecular weight is 237 g/mol. The van der Waals surface area contributed by atoms with E-state index in [4.69, 9.17) is 5.11 Å². The van der Waals surface area contributed by atoms with E-state index in [0.29, 0.717) is 37.8 Å². The summed E-state index contributed by atoms with van der Waals surface area (Å²) in [7, 11) is 0. The van der Waals surface area contributed by atoms with Crippen LogP contribution in [0.2, 0.25) is 0 Å². The van der Waals surface area contributed by atoms with Gasteiger partial charge in [0.05, 0.1) is 0 Å². The number of carboxylic acid groups (broad SMARTS) is 1. The molecule has 17 heavy (non-hydrogen) atoms. The first-order valence-corrected chi connectivity index (χ1v) is 5.78. The van der Waals surface area contributed by atoms with Gasteiger partial charge < -0.3 is 10.4 Å². The molecule has 1 amide bonds. The number of ketones is 1. The second-order valence-electron chi connectivity index (χ2n) is 4.75. The van der Waals surface area contributed by atoms with Gasteiger partial charge in [-0.2, -0.15) is 0 Å². The summed E-state index contributed by atoms with van der Waals surface area (Å²) in [6.45, 7) is 0. The molecule has 1 fully saturated rings. The quantitative estimate of drug-likeness (QED) is 0.766. The van der Waals surface area contributed by atoms with Gasteiger partial charge in [-0.05, 0) is 19.3 Å². The van der Waals surface area contributed by atoms with Crippen molar-refractivity contribution in [3.63, 3.8) is 0 Å². The van der Waals surface area contributed by atoms with Crippen molar-refractivity contribution in [2.75, 3.05) is 0 Å². The molecule has 1 heterocycles. The molecular weight excluding hydrogens is 222 g/mol. The highest BCUT2D eigenvalue weighted by Gasteiger charge is 2.41. The summed E-state index contributed by atoms with van der Waals surface area (Å²) < 4.78 is 0. The lowest BCUT2D eigenvalue weighted by atomic mass is 9.68. The number of hydrogen-bond acceptors (Lipinski definition) is 3. The molecule has 92 valence electrons. The second kappa shape index (κ2) is 4.31. The molecule has 0 bridgehead atoms. The van der Waals surface area contributed by atoms with E-state index in [0.717, 1.165) is 0 Å². The maximum absolute atomic E-state index is 11.4. The van der Waals surface area contributed by atoms with Gasteiger partial charge in [0.1, 0.15) is 0 Å². The number of hydrogen-bond donors (Lipinski definition) is 2. The van der Waals surface area contributed by atoms with E-state index in [1.54, 1.807) is 0 Å². The number of piperidine rings is 1. The van der Waals surface area contributed by atoms with Gasteiger partial charge in [0.25, 0.3) is 0 Å². The number of carbonyl (C=O) groups excluding carboxylic acids is 2. The van der Waals surface area contributed by atoms with Crippen molar-refractivity contribution < 1.29 is 19.5 Å². The van der Waals surface area contributed by atoms with Gasteiger partial charge in [-0.1, -0.05) is 0 Å². The highest BCUT2D eigenvalue weighted by Crippen LogP contribution is 2.45. The van der Waals surface area contributed by atoms with E-state index in [1.807, 2.05) is 0 Å². The summed E-state index contributed by atoms with van der Waals surface area (Å²) in [6.07, 6.45) is 4.17. The predicted octanol–water partition coefficient (Wildman–Crippen LogP) is 0.994. The highest BCUT2D eigenvalue weighted by atomic mass is 16.4. The SMILES string of the molecule is O=C(O)CCC12CCC(=O)C=C1NC(=O)CC2. The number of carboxylic acids is 1. The van der Waals surface area contributed by atoms with Gasteiger partial charge in [0, 0.05) is 36.5 Å². The molecule has 0 aromatic rings. The Bertz CT molecular complexity index is 413. The smallest absolute Gasteiger partial charge is 0.303 e. The summed E-state index contributed by atoms with van der Waals surface area (Å²) >= 11 is 0. The number of amides is 1. The number of rotatable bonds is 3. The summed E-state index contributed by atoms with van der Waals surface area (Å²) in [4.78, 5) is 33.4. The zero-order valence-corrected chi connectivity index (χ0v) is 9.49. The average Bonchev–Trinajstić information content (AvgIpc) is 2.27. The first-order chi connectivity index (χ1) is 8.02. The Morgan fingerprint density at radius 3 is 2.76 bits per heavy atom. The van der Waals surface area contributed by atoms with Crippen LogP contribution in [0.25, 0.3) is 0 Å². The number of nitrogens with one attached hydrogen (secondary N) is 1. The van der Waals surface area contributed by atoms with Gasteiger partial charge >= 0.3 is 5.97 Å². The van der Waals surface area contributed by atoms with Crippen molar-refractivity contribution >= 4 is 17.7 Å². The largest absolute Gasteiger partial charge is 0.481 e. The Labute approximate surface area is 98.9 Å². The number of allylic oxidation sites excluding steroid dienone is 2. The topological polar surface area (TPSA) is 83.5 Å². The van der Waals surface area contributed by atoms with Crippen molar-refractivity contribution in [2.24, 2.45) is 5.41 Å². The molecule has 1 aliphatic heterocycles. The zero-order chi connectivity index (χ0) is 12.5. The monoisotopic (exact) mass is 237 g/mol. The molecular formula is C12H15NO4. The van der Waals surface area contributed by atoms with Gasteiger partial charge in [0.2, 0.25) is 5.91 Å². The third kappa shape index (κ3) is 2.38. The van der Waals surface area contributed by atoms with Crippen molar-refractivity contribution in [3.05, 3.63) is 11.8 Å². The molecule has 0 aromatic carbocycles. The summed E-state index contributed by atoms with van der Waals surface area (Å²) in [6, 6.07) is 0. The molecule has 0 radical (unpaired) electrons. The standard InChI is InChI=1S/C12H15NO4/c14-8-1-4-12(6-3-11(16)17)5-2-10(15)13-9(12)7-8/h7H,1-6H2,(H,13,15)(H,16,17). The maximum Gasteiger partial charge on any atom is 0.303 e. The normalized spacial score (nSPS) is 28.1. The maximum atomic E-state index is 11.4. The minimum Gasteiger partial charge on any atom is -0.481 e. The Kier molecular flexibility index (Phi) is 3.00. The fourth-order valence-electron chi connectivity index (χ4n) is 2.61. The third-order valence-electron chi connectivity index (χ3n) is 3.65. The van der Waals surface area contributed by atoms with E-state index in [-0.39, 0.29) is 23.5 Å². The van der Waals surface area contributed by atoms with Crippen LogP contribution in [0.3, 0.4) is 0 Å². The van der Waals surface area contributed by atoms with Gasteiger partial charge in [-0.3, -0.25) is 14.4 Å². The molecule has 1 saturated heterocycles. The lowest BCUT2D eigenvalue weighted by Gasteiger charge is -2.41. The van der Waals surface area contributed by atoms with E-state index in [9.17, 15) is 14.4 Å². The predicted molar refractivity (Wildman–Crippen MR) is 59.0 cm³/mol.